The van der Waals surface area contributed by atoms with Crippen molar-refractivity contribution in [3.8, 4) is 11.4 Å². The van der Waals surface area contributed by atoms with Gasteiger partial charge in [-0.25, -0.2) is 18.7 Å². The molecule has 3 saturated heterocycles. The van der Waals surface area contributed by atoms with Gasteiger partial charge in [0.1, 0.15) is 5.69 Å². The SMILES string of the molecule is CC(C)=CC(=O)CCC(=O)N1CC[C@@H](C(=O)N2CCN(c3nc(-c4cnc(N)nc4C(F)F)nc(N4CCOCC4)n3)CC2)C1. The quantitative estimate of drug-likeness (QED) is 0.399. The van der Waals surface area contributed by atoms with E-state index in [2.05, 4.69) is 24.9 Å². The van der Waals surface area contributed by atoms with Crippen LogP contribution < -0.4 is 15.5 Å². The smallest absolute Gasteiger partial charge is 0.281 e. The van der Waals surface area contributed by atoms with E-state index in [9.17, 15) is 23.2 Å². The number of ether oxygens (including phenoxy) is 1. The molecule has 3 aliphatic heterocycles. The third-order valence-electron chi connectivity index (χ3n) is 7.99. The number of morpholine rings is 1. The maximum atomic E-state index is 13.9. The van der Waals surface area contributed by atoms with E-state index in [1.807, 2.05) is 23.6 Å². The highest BCUT2D eigenvalue weighted by atomic mass is 19.3. The van der Waals surface area contributed by atoms with Crippen molar-refractivity contribution in [1.82, 2.24) is 34.7 Å². The van der Waals surface area contributed by atoms with Gasteiger partial charge in [-0.15, -0.1) is 0 Å². The normalized spacial score (nSPS) is 18.8. The Morgan fingerprint density at radius 1 is 0.933 bits per heavy atom. The fourth-order valence-corrected chi connectivity index (χ4v) is 5.62. The molecule has 16 heteroatoms. The van der Waals surface area contributed by atoms with Crippen molar-refractivity contribution in [3.05, 3.63) is 23.5 Å². The molecule has 5 heterocycles. The molecule has 0 aliphatic carbocycles. The topological polar surface area (TPSA) is 164 Å². The summed E-state index contributed by atoms with van der Waals surface area (Å²) in [6.45, 7) is 8.14. The van der Waals surface area contributed by atoms with Crippen LogP contribution in [-0.2, 0) is 19.1 Å². The number of likely N-dealkylation sites (tertiary alicyclic amines) is 1. The van der Waals surface area contributed by atoms with E-state index in [0.29, 0.717) is 83.9 Å². The van der Waals surface area contributed by atoms with Crippen LogP contribution in [0, 0.1) is 5.92 Å². The molecule has 0 radical (unpaired) electrons. The van der Waals surface area contributed by atoms with Crippen LogP contribution in [0.2, 0.25) is 0 Å². The second-order valence-corrected chi connectivity index (χ2v) is 11.5. The highest BCUT2D eigenvalue weighted by molar-refractivity contribution is 5.93. The first-order chi connectivity index (χ1) is 21.6. The van der Waals surface area contributed by atoms with Crippen LogP contribution in [0.4, 0.5) is 26.6 Å². The Balaban J connectivity index is 1.25. The van der Waals surface area contributed by atoms with Gasteiger partial charge >= 0.3 is 0 Å². The third kappa shape index (κ3) is 7.85. The van der Waals surface area contributed by atoms with Crippen LogP contribution in [0.25, 0.3) is 11.4 Å². The van der Waals surface area contributed by atoms with Gasteiger partial charge in [-0.1, -0.05) is 5.57 Å². The lowest BCUT2D eigenvalue weighted by Crippen LogP contribution is -2.51. The molecule has 0 unspecified atom stereocenters. The molecule has 45 heavy (non-hydrogen) atoms. The number of nitrogens with zero attached hydrogens (tertiary/aromatic N) is 9. The highest BCUT2D eigenvalue weighted by Gasteiger charge is 2.35. The van der Waals surface area contributed by atoms with Crippen LogP contribution in [0.1, 0.15) is 45.2 Å². The number of carbonyl (C=O) groups excluding carboxylic acids is 3. The molecule has 3 aliphatic rings. The molecule has 1 atom stereocenters. The second kappa shape index (κ2) is 14.2. The van der Waals surface area contributed by atoms with Crippen molar-refractivity contribution in [3.63, 3.8) is 0 Å². The number of piperazine rings is 1. The minimum absolute atomic E-state index is 0.00793. The van der Waals surface area contributed by atoms with Gasteiger partial charge in [0, 0.05) is 71.4 Å². The van der Waals surface area contributed by atoms with Crippen LogP contribution in [-0.4, -0.2) is 118 Å². The van der Waals surface area contributed by atoms with E-state index in [4.69, 9.17) is 10.5 Å². The zero-order chi connectivity index (χ0) is 32.1. The Morgan fingerprint density at radius 3 is 2.24 bits per heavy atom. The Hall–Kier alpha value is -4.34. The average molecular weight is 629 g/mol. The van der Waals surface area contributed by atoms with E-state index in [1.54, 1.807) is 9.80 Å². The molecule has 2 aromatic heterocycles. The standard InChI is InChI=1S/C29H38F2N10O4/c1-18(2)15-20(42)3-4-22(43)41-6-5-19(17-41)26(44)38-7-9-39(10-8-38)28-35-25(21-16-33-27(32)34-23(21)24(30)31)36-29(37-28)40-11-13-45-14-12-40/h15-16,19,24H,3-14,17H2,1-2H3,(H2,32,33,34)/t19-/m1/s1. The summed E-state index contributed by atoms with van der Waals surface area (Å²) < 4.78 is 33.2. The molecule has 2 aromatic rings. The van der Waals surface area contributed by atoms with Crippen LogP contribution in [0.5, 0.6) is 0 Å². The number of hydrogen-bond donors (Lipinski definition) is 1. The minimum Gasteiger partial charge on any atom is -0.378 e. The summed E-state index contributed by atoms with van der Waals surface area (Å²) in [6, 6.07) is 0. The van der Waals surface area contributed by atoms with Gasteiger partial charge in [-0.2, -0.15) is 15.0 Å². The van der Waals surface area contributed by atoms with Gasteiger partial charge in [0.15, 0.2) is 11.6 Å². The number of allylic oxidation sites excluding steroid dienone is 2. The number of hydrogen-bond acceptors (Lipinski definition) is 12. The second-order valence-electron chi connectivity index (χ2n) is 11.5. The van der Waals surface area contributed by atoms with Gasteiger partial charge in [-0.05, 0) is 26.3 Å². The summed E-state index contributed by atoms with van der Waals surface area (Å²) in [6.07, 6.45) is 0.671. The fourth-order valence-electron chi connectivity index (χ4n) is 5.62. The van der Waals surface area contributed by atoms with Gasteiger partial charge in [-0.3, -0.25) is 14.4 Å². The fraction of sp³-hybridized carbons (Fsp3) is 0.586. The van der Waals surface area contributed by atoms with Crippen molar-refractivity contribution in [2.45, 2.75) is 39.5 Å². The zero-order valence-corrected chi connectivity index (χ0v) is 25.5. The summed E-state index contributed by atoms with van der Waals surface area (Å²) in [4.78, 5) is 66.6. The molecule has 14 nitrogen and oxygen atoms in total. The zero-order valence-electron chi connectivity index (χ0n) is 25.5. The maximum absolute atomic E-state index is 13.9. The average Bonchev–Trinajstić information content (AvgIpc) is 3.54. The summed E-state index contributed by atoms with van der Waals surface area (Å²) in [7, 11) is 0. The predicted octanol–water partition coefficient (Wildman–Crippen LogP) is 1.50. The summed E-state index contributed by atoms with van der Waals surface area (Å²) in [5.41, 5.74) is 5.87. The Labute approximate surface area is 259 Å². The molecule has 0 aromatic carbocycles. The molecule has 0 saturated carbocycles. The molecule has 5 rings (SSSR count). The summed E-state index contributed by atoms with van der Waals surface area (Å²) >= 11 is 0. The van der Waals surface area contributed by atoms with Crippen molar-refractivity contribution in [2.24, 2.45) is 5.92 Å². The predicted molar refractivity (Wildman–Crippen MR) is 160 cm³/mol. The van der Waals surface area contributed by atoms with Gasteiger partial charge < -0.3 is 30.1 Å². The number of nitrogen functional groups attached to an aromatic ring is 1. The van der Waals surface area contributed by atoms with Gasteiger partial charge in [0.2, 0.25) is 29.7 Å². The number of anilines is 3. The van der Waals surface area contributed by atoms with Gasteiger partial charge in [0.25, 0.3) is 6.43 Å². The number of halogens is 2. The van der Waals surface area contributed by atoms with E-state index < -0.39 is 12.1 Å². The monoisotopic (exact) mass is 628 g/mol. The summed E-state index contributed by atoms with van der Waals surface area (Å²) in [5.74, 6) is -0.158. The van der Waals surface area contributed by atoms with Crippen molar-refractivity contribution in [1.29, 1.82) is 0 Å². The number of alkyl halides is 2. The minimum atomic E-state index is -2.92. The number of nitrogens with two attached hydrogens (primary N) is 1. The van der Waals surface area contributed by atoms with E-state index in [1.165, 1.54) is 12.3 Å². The van der Waals surface area contributed by atoms with E-state index >= 15 is 0 Å². The van der Waals surface area contributed by atoms with Crippen molar-refractivity contribution in [2.75, 3.05) is 81.1 Å². The number of aromatic nitrogens is 5. The van der Waals surface area contributed by atoms with E-state index in [-0.39, 0.29) is 53.7 Å². The molecule has 0 bridgehead atoms. The largest absolute Gasteiger partial charge is 0.378 e. The number of carbonyl (C=O) groups is 3. The Morgan fingerprint density at radius 2 is 1.60 bits per heavy atom. The lowest BCUT2D eigenvalue weighted by atomic mass is 10.1. The van der Waals surface area contributed by atoms with Crippen molar-refractivity contribution >= 4 is 35.4 Å². The molecule has 0 spiro atoms. The number of amides is 2. The molecular weight excluding hydrogens is 590 g/mol. The molecule has 242 valence electrons. The first-order valence-electron chi connectivity index (χ1n) is 15.1. The Kier molecular flexibility index (Phi) is 10.1. The first-order valence-corrected chi connectivity index (χ1v) is 15.1. The van der Waals surface area contributed by atoms with Crippen LogP contribution in [0.3, 0.4) is 0 Å². The number of rotatable bonds is 9. The lowest BCUT2D eigenvalue weighted by molar-refractivity contribution is -0.136. The lowest BCUT2D eigenvalue weighted by Gasteiger charge is -2.36. The number of ketones is 1. The molecule has 3 fully saturated rings. The Bertz CT molecular complexity index is 1440. The van der Waals surface area contributed by atoms with Crippen LogP contribution in [0.15, 0.2) is 17.8 Å². The summed E-state index contributed by atoms with van der Waals surface area (Å²) in [5, 5.41) is 0. The van der Waals surface area contributed by atoms with Crippen molar-refractivity contribution < 1.29 is 27.9 Å². The van der Waals surface area contributed by atoms with Gasteiger partial charge in [0.05, 0.1) is 24.7 Å². The van der Waals surface area contributed by atoms with E-state index in [0.717, 1.165) is 5.57 Å². The molecule has 2 amide bonds. The molecular formula is C29H38F2N10O4. The highest BCUT2D eigenvalue weighted by Crippen LogP contribution is 2.30. The first kappa shape index (κ1) is 32.1. The maximum Gasteiger partial charge on any atom is 0.281 e. The van der Waals surface area contributed by atoms with Crippen LogP contribution >= 0.6 is 0 Å². The molecule has 2 N–H and O–H groups in total. The third-order valence-corrected chi connectivity index (χ3v) is 7.99.